The number of fused-ring (bicyclic) bond motifs is 1. The summed E-state index contributed by atoms with van der Waals surface area (Å²) in [6, 6.07) is 15.4. The lowest BCUT2D eigenvalue weighted by Crippen LogP contribution is -2.51. The number of hydrogen-bond donors (Lipinski definition) is 1. The molecule has 1 amide bonds. The zero-order valence-electron chi connectivity index (χ0n) is 15.1. The second kappa shape index (κ2) is 7.17. The number of carbonyl (C=O) groups is 1. The predicted molar refractivity (Wildman–Crippen MR) is 102 cm³/mol. The van der Waals surface area contributed by atoms with Crippen LogP contribution in [0.1, 0.15) is 38.2 Å². The molecule has 1 aliphatic carbocycles. The average molecular weight is 336 g/mol. The Bertz CT molecular complexity index is 741. The van der Waals surface area contributed by atoms with E-state index in [1.165, 1.54) is 29.2 Å². The molecule has 1 saturated heterocycles. The largest absolute Gasteiger partial charge is 0.335 e. The summed E-state index contributed by atoms with van der Waals surface area (Å²) >= 11 is 0. The molecule has 2 fully saturated rings. The second-order valence-corrected chi connectivity index (χ2v) is 7.75. The van der Waals surface area contributed by atoms with Gasteiger partial charge in [-0.15, -0.1) is 0 Å². The first-order chi connectivity index (χ1) is 12.2. The number of nitrogens with zero attached hydrogens (tertiary/aromatic N) is 1. The zero-order valence-corrected chi connectivity index (χ0v) is 15.1. The standard InChI is InChI=1S/C22H28N2O/c1-16(19-13-23-14-19)22(25)24(20-10-3-4-11-20)15-18-9-6-8-17-7-2-5-12-21(17)18/h2,5-9,12,16,19-20,23H,3-4,10-11,13-15H2,1H3. The predicted octanol–water partition coefficient (Wildman–Crippen LogP) is 3.97. The van der Waals surface area contributed by atoms with Gasteiger partial charge in [0.05, 0.1) is 0 Å². The lowest BCUT2D eigenvalue weighted by Gasteiger charge is -2.37. The molecule has 2 aliphatic rings. The fourth-order valence-corrected chi connectivity index (χ4v) is 4.34. The van der Waals surface area contributed by atoms with Crippen molar-refractivity contribution in [1.82, 2.24) is 10.2 Å². The molecule has 4 rings (SSSR count). The molecule has 132 valence electrons. The first kappa shape index (κ1) is 16.6. The molecular weight excluding hydrogens is 308 g/mol. The van der Waals surface area contributed by atoms with Crippen LogP contribution in [-0.2, 0) is 11.3 Å². The number of nitrogens with one attached hydrogen (secondary N) is 1. The zero-order chi connectivity index (χ0) is 17.2. The van der Waals surface area contributed by atoms with Crippen LogP contribution in [0.5, 0.6) is 0 Å². The fraction of sp³-hybridized carbons (Fsp3) is 0.500. The van der Waals surface area contributed by atoms with Gasteiger partial charge in [-0.05, 0) is 48.2 Å². The highest BCUT2D eigenvalue weighted by Gasteiger charge is 2.35. The van der Waals surface area contributed by atoms with Crippen molar-refractivity contribution in [2.75, 3.05) is 13.1 Å². The lowest BCUT2D eigenvalue weighted by molar-refractivity contribution is -0.140. The minimum atomic E-state index is 0.122. The highest BCUT2D eigenvalue weighted by molar-refractivity contribution is 5.86. The van der Waals surface area contributed by atoms with Gasteiger partial charge in [0.2, 0.25) is 5.91 Å². The molecule has 3 nitrogen and oxygen atoms in total. The first-order valence-electron chi connectivity index (χ1n) is 9.72. The van der Waals surface area contributed by atoms with Crippen molar-refractivity contribution in [3.8, 4) is 0 Å². The van der Waals surface area contributed by atoms with Crippen LogP contribution in [0, 0.1) is 11.8 Å². The Morgan fingerprint density at radius 3 is 2.56 bits per heavy atom. The van der Waals surface area contributed by atoms with Crippen LogP contribution >= 0.6 is 0 Å². The fourth-order valence-electron chi connectivity index (χ4n) is 4.34. The van der Waals surface area contributed by atoms with Crippen molar-refractivity contribution < 1.29 is 4.79 Å². The minimum absolute atomic E-state index is 0.122. The molecule has 1 N–H and O–H groups in total. The Morgan fingerprint density at radius 1 is 1.12 bits per heavy atom. The van der Waals surface area contributed by atoms with Crippen LogP contribution in [0.25, 0.3) is 10.8 Å². The molecule has 0 radical (unpaired) electrons. The number of benzene rings is 2. The van der Waals surface area contributed by atoms with Crippen molar-refractivity contribution in [2.45, 2.75) is 45.2 Å². The maximum Gasteiger partial charge on any atom is 0.226 e. The SMILES string of the molecule is CC(C(=O)N(Cc1cccc2ccccc12)C1CCCC1)C1CNC1. The summed E-state index contributed by atoms with van der Waals surface area (Å²) in [5, 5.41) is 5.84. The smallest absolute Gasteiger partial charge is 0.226 e. The average Bonchev–Trinajstić information content (AvgIpc) is 3.12. The van der Waals surface area contributed by atoms with E-state index in [9.17, 15) is 4.79 Å². The quantitative estimate of drug-likeness (QED) is 0.896. The number of carbonyl (C=O) groups excluding carboxylic acids is 1. The molecule has 2 aromatic rings. The van der Waals surface area contributed by atoms with E-state index < -0.39 is 0 Å². The third-order valence-corrected chi connectivity index (χ3v) is 6.18. The van der Waals surface area contributed by atoms with Crippen molar-refractivity contribution in [3.05, 3.63) is 48.0 Å². The van der Waals surface area contributed by atoms with Gasteiger partial charge < -0.3 is 10.2 Å². The molecule has 1 unspecified atom stereocenters. The maximum absolute atomic E-state index is 13.3. The maximum atomic E-state index is 13.3. The van der Waals surface area contributed by atoms with E-state index in [-0.39, 0.29) is 5.92 Å². The van der Waals surface area contributed by atoms with Gasteiger partial charge in [0, 0.05) is 18.5 Å². The second-order valence-electron chi connectivity index (χ2n) is 7.75. The number of rotatable bonds is 5. The van der Waals surface area contributed by atoms with E-state index in [1.54, 1.807) is 0 Å². The highest BCUT2D eigenvalue weighted by atomic mass is 16.2. The highest BCUT2D eigenvalue weighted by Crippen LogP contribution is 2.30. The van der Waals surface area contributed by atoms with Crippen molar-refractivity contribution in [1.29, 1.82) is 0 Å². The molecule has 1 atom stereocenters. The van der Waals surface area contributed by atoms with Crippen molar-refractivity contribution in [2.24, 2.45) is 11.8 Å². The van der Waals surface area contributed by atoms with Crippen LogP contribution < -0.4 is 5.32 Å². The molecule has 0 aromatic heterocycles. The van der Waals surface area contributed by atoms with Gasteiger partial charge >= 0.3 is 0 Å². The summed E-state index contributed by atoms with van der Waals surface area (Å²) in [4.78, 5) is 15.5. The van der Waals surface area contributed by atoms with Crippen molar-refractivity contribution in [3.63, 3.8) is 0 Å². The van der Waals surface area contributed by atoms with Crippen molar-refractivity contribution >= 4 is 16.7 Å². The summed E-state index contributed by atoms with van der Waals surface area (Å²) in [6.45, 7) is 4.84. The summed E-state index contributed by atoms with van der Waals surface area (Å²) in [5.74, 6) is 0.979. The van der Waals surface area contributed by atoms with Gasteiger partial charge in [-0.1, -0.05) is 62.2 Å². The van der Waals surface area contributed by atoms with E-state index in [1.807, 2.05) is 0 Å². The van der Waals surface area contributed by atoms with Gasteiger partial charge in [-0.2, -0.15) is 0 Å². The van der Waals surface area contributed by atoms with Gasteiger partial charge in [0.25, 0.3) is 0 Å². The molecule has 3 heteroatoms. The van der Waals surface area contributed by atoms with Gasteiger partial charge in [0.15, 0.2) is 0 Å². The Balaban J connectivity index is 1.62. The number of amides is 1. The Hall–Kier alpha value is -1.87. The third kappa shape index (κ3) is 3.30. The Kier molecular flexibility index (Phi) is 4.76. The molecule has 1 aliphatic heterocycles. The van der Waals surface area contributed by atoms with Crippen LogP contribution in [0.2, 0.25) is 0 Å². The molecule has 1 saturated carbocycles. The van der Waals surface area contributed by atoms with E-state index in [0.717, 1.165) is 32.5 Å². The molecule has 0 spiro atoms. The van der Waals surface area contributed by atoms with Crippen LogP contribution in [0.15, 0.2) is 42.5 Å². The van der Waals surface area contributed by atoms with Gasteiger partial charge in [-0.3, -0.25) is 4.79 Å². The first-order valence-corrected chi connectivity index (χ1v) is 9.72. The van der Waals surface area contributed by atoms with Crippen LogP contribution in [-0.4, -0.2) is 29.9 Å². The topological polar surface area (TPSA) is 32.3 Å². The van der Waals surface area contributed by atoms with Crippen LogP contribution in [0.3, 0.4) is 0 Å². The van der Waals surface area contributed by atoms with Crippen LogP contribution in [0.4, 0.5) is 0 Å². The number of hydrogen-bond acceptors (Lipinski definition) is 2. The summed E-state index contributed by atoms with van der Waals surface area (Å²) in [7, 11) is 0. The summed E-state index contributed by atoms with van der Waals surface area (Å²) in [5.41, 5.74) is 1.28. The van der Waals surface area contributed by atoms with Gasteiger partial charge in [0.1, 0.15) is 0 Å². The normalized spacial score (nSPS) is 19.7. The monoisotopic (exact) mass is 336 g/mol. The Labute approximate surface area is 150 Å². The molecule has 2 aromatic carbocycles. The molecule has 1 heterocycles. The van der Waals surface area contributed by atoms with Gasteiger partial charge in [-0.25, -0.2) is 0 Å². The minimum Gasteiger partial charge on any atom is -0.335 e. The Morgan fingerprint density at radius 2 is 1.84 bits per heavy atom. The molecule has 25 heavy (non-hydrogen) atoms. The summed E-state index contributed by atoms with van der Waals surface area (Å²) < 4.78 is 0. The molecular formula is C22H28N2O. The van der Waals surface area contributed by atoms with E-state index in [0.29, 0.717) is 17.9 Å². The van der Waals surface area contributed by atoms with E-state index in [4.69, 9.17) is 0 Å². The molecule has 0 bridgehead atoms. The third-order valence-electron chi connectivity index (χ3n) is 6.18. The summed E-state index contributed by atoms with van der Waals surface area (Å²) in [6.07, 6.45) is 4.82. The lowest BCUT2D eigenvalue weighted by atomic mass is 9.87. The van der Waals surface area contributed by atoms with E-state index in [2.05, 4.69) is 59.6 Å². The van der Waals surface area contributed by atoms with E-state index >= 15 is 0 Å².